The number of likely N-dealkylation sites (N-methyl/N-ethyl adjacent to an activating group) is 1. The number of benzene rings is 1. The van der Waals surface area contributed by atoms with Crippen LogP contribution in [0.15, 0.2) is 40.5 Å². The second kappa shape index (κ2) is 7.56. The Hall–Kier alpha value is -1.89. The average molecular weight is 359 g/mol. The molecule has 0 saturated carbocycles. The average Bonchev–Trinajstić information content (AvgIpc) is 3.16. The second-order valence-electron chi connectivity index (χ2n) is 6.82. The molecule has 0 spiro atoms. The molecule has 3 aromatic rings. The van der Waals surface area contributed by atoms with Gasteiger partial charge in [-0.3, -0.25) is 14.0 Å². The first-order valence-electron chi connectivity index (χ1n) is 8.49. The highest BCUT2D eigenvalue weighted by molar-refractivity contribution is 7.09. The van der Waals surface area contributed by atoms with Crippen LogP contribution in [-0.4, -0.2) is 46.1 Å². The van der Waals surface area contributed by atoms with E-state index in [9.17, 15) is 4.79 Å². The number of imidazole rings is 1. The zero-order chi connectivity index (χ0) is 18.0. The lowest BCUT2D eigenvalue weighted by Crippen LogP contribution is -2.30. The molecule has 0 aliphatic carbocycles. The van der Waals surface area contributed by atoms with E-state index in [1.807, 2.05) is 14.1 Å². The molecule has 0 N–H and O–H groups in total. The van der Waals surface area contributed by atoms with Crippen molar-refractivity contribution < 1.29 is 0 Å². The molecular weight excluding hydrogens is 332 g/mol. The van der Waals surface area contributed by atoms with Crippen LogP contribution >= 0.6 is 11.3 Å². The summed E-state index contributed by atoms with van der Waals surface area (Å²) in [6.45, 7) is 3.87. The quantitative estimate of drug-likeness (QED) is 0.651. The van der Waals surface area contributed by atoms with Crippen molar-refractivity contribution in [2.24, 2.45) is 14.1 Å². The summed E-state index contributed by atoms with van der Waals surface area (Å²) in [7, 11) is 7.87. The van der Waals surface area contributed by atoms with Crippen molar-refractivity contribution in [1.82, 2.24) is 18.9 Å². The van der Waals surface area contributed by atoms with Gasteiger partial charge in [-0.2, -0.15) is 0 Å². The normalized spacial score (nSPS) is 11.9. The first-order valence-corrected chi connectivity index (χ1v) is 9.37. The van der Waals surface area contributed by atoms with Crippen LogP contribution in [-0.2, 0) is 27.2 Å². The lowest BCUT2D eigenvalue weighted by atomic mass is 10.1. The van der Waals surface area contributed by atoms with Crippen molar-refractivity contribution in [1.29, 1.82) is 0 Å². The van der Waals surface area contributed by atoms with E-state index in [0.717, 1.165) is 37.2 Å². The van der Waals surface area contributed by atoms with Crippen LogP contribution in [0.4, 0.5) is 0 Å². The first kappa shape index (κ1) is 17.9. The molecule has 6 heteroatoms. The van der Waals surface area contributed by atoms with Gasteiger partial charge < -0.3 is 4.90 Å². The van der Waals surface area contributed by atoms with E-state index in [-0.39, 0.29) is 5.69 Å². The largest absolute Gasteiger partial charge is 0.328 e. The molecule has 5 nitrogen and oxygen atoms in total. The number of hydrogen-bond acceptors (Lipinski definition) is 4. The lowest BCUT2D eigenvalue weighted by Gasteiger charge is -2.23. The SMILES string of the molecule is CN(C)CCN(Cc1ccc2c(c1)n(C)c(=O)n2C)Cc1cccs1. The van der Waals surface area contributed by atoms with E-state index in [1.165, 1.54) is 10.4 Å². The van der Waals surface area contributed by atoms with Gasteiger partial charge in [0, 0.05) is 45.2 Å². The standard InChI is InChI=1S/C19H26N4OS/c1-20(2)9-10-23(14-16-6-5-11-25-16)13-15-7-8-17-18(12-15)22(4)19(24)21(17)3/h5-8,11-12H,9-10,13-14H2,1-4H3. The molecule has 0 saturated heterocycles. The van der Waals surface area contributed by atoms with Gasteiger partial charge in [-0.05, 0) is 43.2 Å². The monoisotopic (exact) mass is 358 g/mol. The molecule has 2 aromatic heterocycles. The molecule has 0 aliphatic rings. The van der Waals surface area contributed by atoms with E-state index >= 15 is 0 Å². The van der Waals surface area contributed by atoms with Gasteiger partial charge in [0.25, 0.3) is 0 Å². The number of aryl methyl sites for hydroxylation is 2. The van der Waals surface area contributed by atoms with Crippen molar-refractivity contribution in [3.63, 3.8) is 0 Å². The molecule has 1 aromatic carbocycles. The third kappa shape index (κ3) is 4.03. The molecule has 25 heavy (non-hydrogen) atoms. The third-order valence-corrected chi connectivity index (χ3v) is 5.43. The fourth-order valence-corrected chi connectivity index (χ4v) is 3.83. The summed E-state index contributed by atoms with van der Waals surface area (Å²) in [5.74, 6) is 0. The Morgan fingerprint density at radius 2 is 1.76 bits per heavy atom. The summed E-state index contributed by atoms with van der Waals surface area (Å²) in [4.78, 5) is 18.2. The summed E-state index contributed by atoms with van der Waals surface area (Å²) in [6, 6.07) is 10.6. The molecule has 0 bridgehead atoms. The van der Waals surface area contributed by atoms with Gasteiger partial charge in [0.05, 0.1) is 11.0 Å². The van der Waals surface area contributed by atoms with Gasteiger partial charge in [0.1, 0.15) is 0 Å². The predicted octanol–water partition coefficient (Wildman–Crippen LogP) is 2.50. The van der Waals surface area contributed by atoms with E-state index < -0.39 is 0 Å². The van der Waals surface area contributed by atoms with Gasteiger partial charge in [-0.25, -0.2) is 4.79 Å². The van der Waals surface area contributed by atoms with Crippen LogP contribution in [0.3, 0.4) is 0 Å². The number of rotatable bonds is 7. The predicted molar refractivity (Wildman–Crippen MR) is 105 cm³/mol. The maximum absolute atomic E-state index is 12.1. The van der Waals surface area contributed by atoms with Crippen LogP contribution in [0.1, 0.15) is 10.4 Å². The van der Waals surface area contributed by atoms with Crippen molar-refractivity contribution in [3.8, 4) is 0 Å². The highest BCUT2D eigenvalue weighted by Crippen LogP contribution is 2.18. The molecule has 0 aliphatic heterocycles. The summed E-state index contributed by atoms with van der Waals surface area (Å²) >= 11 is 1.80. The molecule has 0 radical (unpaired) electrons. The fourth-order valence-electron chi connectivity index (χ4n) is 3.09. The molecule has 3 rings (SSSR count). The molecule has 0 amide bonds. The Labute approximate surface area is 152 Å². The van der Waals surface area contributed by atoms with Crippen LogP contribution < -0.4 is 5.69 Å². The van der Waals surface area contributed by atoms with Crippen molar-refractivity contribution >= 4 is 22.4 Å². The van der Waals surface area contributed by atoms with Gasteiger partial charge >= 0.3 is 5.69 Å². The van der Waals surface area contributed by atoms with Crippen LogP contribution in [0.2, 0.25) is 0 Å². The number of aromatic nitrogens is 2. The van der Waals surface area contributed by atoms with Gasteiger partial charge in [0.15, 0.2) is 0 Å². The van der Waals surface area contributed by atoms with Crippen LogP contribution in [0, 0.1) is 0 Å². The summed E-state index contributed by atoms with van der Waals surface area (Å²) in [5.41, 5.74) is 3.24. The molecule has 0 atom stereocenters. The topological polar surface area (TPSA) is 33.4 Å². The first-order chi connectivity index (χ1) is 12.0. The second-order valence-corrected chi connectivity index (χ2v) is 7.85. The van der Waals surface area contributed by atoms with E-state index in [2.05, 4.69) is 59.6 Å². The number of fused-ring (bicyclic) bond motifs is 1. The number of nitrogens with zero attached hydrogens (tertiary/aromatic N) is 4. The summed E-state index contributed by atoms with van der Waals surface area (Å²) < 4.78 is 3.43. The van der Waals surface area contributed by atoms with Gasteiger partial charge in [-0.1, -0.05) is 12.1 Å². The zero-order valence-corrected chi connectivity index (χ0v) is 16.2. The highest BCUT2D eigenvalue weighted by Gasteiger charge is 2.12. The minimum atomic E-state index is 0.0233. The van der Waals surface area contributed by atoms with Crippen molar-refractivity contribution in [2.75, 3.05) is 27.2 Å². The Morgan fingerprint density at radius 3 is 2.44 bits per heavy atom. The highest BCUT2D eigenvalue weighted by atomic mass is 32.1. The van der Waals surface area contributed by atoms with Gasteiger partial charge in [-0.15, -0.1) is 11.3 Å². The summed E-state index contributed by atoms with van der Waals surface area (Å²) in [6.07, 6.45) is 0. The van der Waals surface area contributed by atoms with E-state index in [4.69, 9.17) is 0 Å². The maximum Gasteiger partial charge on any atom is 0.328 e. The Balaban J connectivity index is 1.83. The van der Waals surface area contributed by atoms with Gasteiger partial charge in [0.2, 0.25) is 0 Å². The lowest BCUT2D eigenvalue weighted by molar-refractivity contribution is 0.228. The molecule has 2 heterocycles. The Morgan fingerprint density at radius 1 is 1.00 bits per heavy atom. The minimum absolute atomic E-state index is 0.0233. The molecule has 0 unspecified atom stereocenters. The van der Waals surface area contributed by atoms with Crippen molar-refractivity contribution in [2.45, 2.75) is 13.1 Å². The van der Waals surface area contributed by atoms with Crippen LogP contribution in [0.5, 0.6) is 0 Å². The van der Waals surface area contributed by atoms with Crippen LogP contribution in [0.25, 0.3) is 11.0 Å². The fraction of sp³-hybridized carbons (Fsp3) is 0.421. The zero-order valence-electron chi connectivity index (χ0n) is 15.4. The third-order valence-electron chi connectivity index (χ3n) is 4.57. The smallest absolute Gasteiger partial charge is 0.308 e. The minimum Gasteiger partial charge on any atom is -0.308 e. The molecule has 134 valence electrons. The van der Waals surface area contributed by atoms with E-state index in [1.54, 1.807) is 20.5 Å². The Bertz CT molecular complexity index is 892. The number of thiophene rings is 1. The Kier molecular flexibility index (Phi) is 5.42. The van der Waals surface area contributed by atoms with Crippen molar-refractivity contribution in [3.05, 3.63) is 56.6 Å². The molecular formula is C19H26N4OS. The molecule has 0 fully saturated rings. The number of hydrogen-bond donors (Lipinski definition) is 0. The van der Waals surface area contributed by atoms with E-state index in [0.29, 0.717) is 0 Å². The summed E-state index contributed by atoms with van der Waals surface area (Å²) in [5, 5.41) is 2.13. The maximum atomic E-state index is 12.1.